The fraction of sp³-hybridized carbons (Fsp3) is 0.0238. The number of nitro groups is 2. The van der Waals surface area contributed by atoms with Gasteiger partial charge in [0.1, 0.15) is 0 Å². The predicted molar refractivity (Wildman–Crippen MR) is 208 cm³/mol. The number of hydrogen-bond donors (Lipinski definition) is 0. The second-order valence-corrected chi connectivity index (χ2v) is 10.9. The molecule has 0 atom stereocenters. The molecular weight excluding hydrogens is 711 g/mol. The summed E-state index contributed by atoms with van der Waals surface area (Å²) in [7, 11) is 0. The van der Waals surface area contributed by atoms with Gasteiger partial charge in [0.2, 0.25) is 0 Å². The minimum absolute atomic E-state index is 0. The molecule has 263 valence electrons. The Balaban J connectivity index is 0.000000232. The van der Waals surface area contributed by atoms with Crippen molar-refractivity contribution in [1.82, 2.24) is 0 Å². The van der Waals surface area contributed by atoms with Crippen molar-refractivity contribution < 1.29 is 26.6 Å². The first kappa shape index (κ1) is 38.9. The van der Waals surface area contributed by atoms with Gasteiger partial charge >= 0.3 is 16.8 Å². The fourth-order valence-electron chi connectivity index (χ4n) is 4.64. The molecule has 0 amide bonds. The molecule has 0 unspecified atom stereocenters. The molecule has 0 bridgehead atoms. The average molecular weight is 744 g/mol. The number of aliphatic imine (C=N–C) groups is 2. The Kier molecular flexibility index (Phi) is 15.2. The Morgan fingerprint density at radius 1 is 0.604 bits per heavy atom. The van der Waals surface area contributed by atoms with E-state index >= 15 is 0 Å². The molecule has 1 radical (unpaired) electrons. The van der Waals surface area contributed by atoms with Crippen LogP contribution >= 0.6 is 0 Å². The van der Waals surface area contributed by atoms with E-state index in [0.717, 1.165) is 33.9 Å². The van der Waals surface area contributed by atoms with Gasteiger partial charge in [-0.05, 0) is 54.6 Å². The van der Waals surface area contributed by atoms with Crippen molar-refractivity contribution in [2.24, 2.45) is 9.98 Å². The second kappa shape index (κ2) is 20.7. The quantitative estimate of drug-likeness (QED) is 0.0543. The zero-order valence-corrected chi connectivity index (χ0v) is 29.2. The molecule has 0 heterocycles. The normalized spacial score (nSPS) is 12.3. The summed E-state index contributed by atoms with van der Waals surface area (Å²) in [5.41, 5.74) is 9.40. The number of non-ortho nitro benzene ring substituents is 2. The van der Waals surface area contributed by atoms with E-state index in [0.29, 0.717) is 17.8 Å². The van der Waals surface area contributed by atoms with Crippen LogP contribution in [0.25, 0.3) is 10.6 Å². The molecule has 0 spiro atoms. The largest absolute Gasteiger partial charge is 2.00 e. The molecule has 1 aliphatic rings. The molecule has 0 saturated heterocycles. The van der Waals surface area contributed by atoms with Crippen LogP contribution in [-0.2, 0) is 16.8 Å². The first-order valence-corrected chi connectivity index (χ1v) is 16.1. The molecule has 0 N–H and O–H groups in total. The van der Waals surface area contributed by atoms with Gasteiger partial charge in [0, 0.05) is 47.5 Å². The van der Waals surface area contributed by atoms with Crippen LogP contribution in [0.1, 0.15) is 17.5 Å². The number of nitro benzene ring substituents is 2. The number of benzene rings is 5. The minimum Gasteiger partial charge on any atom is -0.664 e. The van der Waals surface area contributed by atoms with Crippen molar-refractivity contribution in [2.45, 2.75) is 6.42 Å². The molecule has 0 saturated carbocycles. The van der Waals surface area contributed by atoms with Crippen molar-refractivity contribution in [3.8, 4) is 0 Å². The molecular formula is C42H32CoN6O4. The average Bonchev–Trinajstić information content (AvgIpc) is 3.19. The van der Waals surface area contributed by atoms with E-state index in [-0.39, 0.29) is 28.2 Å². The van der Waals surface area contributed by atoms with Crippen LogP contribution in [0.5, 0.6) is 0 Å². The standard InChI is InChI=1S/2C21H16N3O2.Co/c2*25-24(26)20-13-11-17(12-14-20)21(23-19-9-5-2-6-10-19)15-16-22-18-7-3-1-4-8-18;/h1,3-9,11-16H,10H2;1-16H;/q2*-1;+2/b2*16-15-,23-21?;. The molecule has 0 aromatic heterocycles. The maximum absolute atomic E-state index is 10.8. The summed E-state index contributed by atoms with van der Waals surface area (Å²) in [5, 5.41) is 30.5. The summed E-state index contributed by atoms with van der Waals surface area (Å²) in [6, 6.07) is 41.4. The first-order chi connectivity index (χ1) is 25.4. The summed E-state index contributed by atoms with van der Waals surface area (Å²) in [6.07, 6.45) is 13.3. The fourth-order valence-corrected chi connectivity index (χ4v) is 4.64. The van der Waals surface area contributed by atoms with Crippen molar-refractivity contribution in [2.75, 3.05) is 0 Å². The van der Waals surface area contributed by atoms with E-state index < -0.39 is 9.85 Å². The van der Waals surface area contributed by atoms with Crippen molar-refractivity contribution in [1.29, 1.82) is 0 Å². The van der Waals surface area contributed by atoms with E-state index in [4.69, 9.17) is 0 Å². The molecule has 11 heteroatoms. The first-order valence-electron chi connectivity index (χ1n) is 16.1. The van der Waals surface area contributed by atoms with Gasteiger partial charge in [-0.3, -0.25) is 25.2 Å². The minimum atomic E-state index is -0.418. The van der Waals surface area contributed by atoms with Gasteiger partial charge < -0.3 is 10.6 Å². The van der Waals surface area contributed by atoms with Crippen LogP contribution in [0.2, 0.25) is 0 Å². The van der Waals surface area contributed by atoms with Crippen LogP contribution in [0.4, 0.5) is 28.4 Å². The van der Waals surface area contributed by atoms with Crippen molar-refractivity contribution >= 4 is 39.9 Å². The van der Waals surface area contributed by atoms with Crippen LogP contribution < -0.4 is 0 Å². The smallest absolute Gasteiger partial charge is 0.664 e. The zero-order chi connectivity index (χ0) is 36.4. The third kappa shape index (κ3) is 12.7. The summed E-state index contributed by atoms with van der Waals surface area (Å²) < 4.78 is 0. The number of rotatable bonds is 12. The van der Waals surface area contributed by atoms with E-state index in [1.54, 1.807) is 48.8 Å². The summed E-state index contributed by atoms with van der Waals surface area (Å²) in [4.78, 5) is 30.2. The van der Waals surface area contributed by atoms with Gasteiger partial charge in [-0.1, -0.05) is 91.0 Å². The van der Waals surface area contributed by atoms with Gasteiger partial charge in [0.05, 0.1) is 27.0 Å². The molecule has 0 aliphatic heterocycles. The summed E-state index contributed by atoms with van der Waals surface area (Å²) in [5.74, 6) is 0. The monoisotopic (exact) mass is 743 g/mol. The molecule has 0 fully saturated rings. The van der Waals surface area contributed by atoms with Crippen LogP contribution in [0.3, 0.4) is 0 Å². The van der Waals surface area contributed by atoms with Crippen molar-refractivity contribution in [3.63, 3.8) is 0 Å². The molecule has 5 aromatic rings. The van der Waals surface area contributed by atoms with Gasteiger partial charge in [0.25, 0.3) is 11.4 Å². The molecule has 53 heavy (non-hydrogen) atoms. The topological polar surface area (TPSA) is 139 Å². The predicted octanol–water partition coefficient (Wildman–Crippen LogP) is 11.5. The van der Waals surface area contributed by atoms with Crippen LogP contribution in [-0.4, -0.2) is 21.3 Å². The van der Waals surface area contributed by atoms with Crippen LogP contribution in [0.15, 0.2) is 204 Å². The Bertz CT molecular complexity index is 2180. The number of para-hydroxylation sites is 3. The number of hydrogen-bond acceptors (Lipinski definition) is 6. The Labute approximate surface area is 317 Å². The molecule has 5 aromatic carbocycles. The maximum atomic E-state index is 10.8. The van der Waals surface area contributed by atoms with E-state index in [2.05, 4.69) is 26.3 Å². The zero-order valence-electron chi connectivity index (χ0n) is 28.2. The van der Waals surface area contributed by atoms with Gasteiger partial charge in [0.15, 0.2) is 0 Å². The van der Waals surface area contributed by atoms with Gasteiger partial charge in [-0.15, -0.1) is 17.1 Å². The van der Waals surface area contributed by atoms with Gasteiger partial charge in [-0.2, -0.15) is 12.4 Å². The SMILES string of the molecule is O=[N+]([O-])c1ccc(C(/C=C\[N-]c2ccccc2)=NC2=CC=C=CC2)cc1.O=[N+]([O-])c1ccc(C(/C=C\[N-]c2ccccc2)=Nc2ccccc2)cc1.[Co+2]. The summed E-state index contributed by atoms with van der Waals surface area (Å²) >= 11 is 0. The molecule has 1 aliphatic carbocycles. The number of allylic oxidation sites excluding steroid dienone is 4. The van der Waals surface area contributed by atoms with E-state index in [1.165, 1.54) is 24.3 Å². The number of nitrogens with zero attached hydrogens (tertiary/aromatic N) is 6. The molecule has 6 rings (SSSR count). The Morgan fingerprint density at radius 3 is 1.45 bits per heavy atom. The third-order valence-electron chi connectivity index (χ3n) is 7.24. The van der Waals surface area contributed by atoms with Crippen LogP contribution in [0, 0.1) is 20.2 Å². The van der Waals surface area contributed by atoms with Crippen molar-refractivity contribution in [3.05, 3.63) is 236 Å². The Hall–Kier alpha value is -6.91. The summed E-state index contributed by atoms with van der Waals surface area (Å²) in [6.45, 7) is 0. The second-order valence-electron chi connectivity index (χ2n) is 10.9. The van der Waals surface area contributed by atoms with Gasteiger partial charge in [-0.25, -0.2) is 4.99 Å². The maximum Gasteiger partial charge on any atom is 2.00 e. The van der Waals surface area contributed by atoms with E-state index in [1.807, 2.05) is 109 Å². The third-order valence-corrected chi connectivity index (χ3v) is 7.24. The Morgan fingerprint density at radius 2 is 1.04 bits per heavy atom. The molecule has 10 nitrogen and oxygen atoms in total. The van der Waals surface area contributed by atoms with E-state index in [9.17, 15) is 20.2 Å².